The van der Waals surface area contributed by atoms with E-state index < -0.39 is 0 Å². The van der Waals surface area contributed by atoms with Crippen molar-refractivity contribution >= 4 is 28.3 Å². The molecule has 1 N–H and O–H groups in total. The second-order valence-electron chi connectivity index (χ2n) is 11.4. The highest BCUT2D eigenvalue weighted by atomic mass is 16.2. The molecular formula is C34H36N2O2. The monoisotopic (exact) mass is 504 g/mol. The number of carbonyl (C=O) groups is 2. The fourth-order valence-electron chi connectivity index (χ4n) is 5.67. The molecular weight excluding hydrogens is 468 g/mol. The number of likely N-dealkylation sites (tertiary alicyclic amines) is 1. The maximum absolute atomic E-state index is 14.3. The lowest BCUT2D eigenvalue weighted by Crippen LogP contribution is -2.46. The molecule has 5 rings (SSSR count). The molecule has 1 aliphatic rings. The van der Waals surface area contributed by atoms with Crippen LogP contribution in [0.4, 0.5) is 5.69 Å². The van der Waals surface area contributed by atoms with Crippen LogP contribution in [0.25, 0.3) is 10.8 Å². The number of piperidine rings is 1. The number of carbonyl (C=O) groups excluding carboxylic acids is 2. The van der Waals surface area contributed by atoms with E-state index in [4.69, 9.17) is 0 Å². The van der Waals surface area contributed by atoms with Gasteiger partial charge in [0.15, 0.2) is 0 Å². The van der Waals surface area contributed by atoms with Gasteiger partial charge >= 0.3 is 0 Å². The topological polar surface area (TPSA) is 49.4 Å². The average molecular weight is 505 g/mol. The fraction of sp³-hybridized carbons (Fsp3) is 0.294. The van der Waals surface area contributed by atoms with E-state index in [1.54, 1.807) is 0 Å². The summed E-state index contributed by atoms with van der Waals surface area (Å²) in [5.41, 5.74) is 4.61. The molecule has 0 spiro atoms. The van der Waals surface area contributed by atoms with Crippen molar-refractivity contribution < 1.29 is 9.59 Å². The summed E-state index contributed by atoms with van der Waals surface area (Å²) >= 11 is 0. The highest BCUT2D eigenvalue weighted by Gasteiger charge is 2.40. The molecule has 0 aliphatic carbocycles. The molecule has 2 atom stereocenters. The van der Waals surface area contributed by atoms with Gasteiger partial charge in [-0.25, -0.2) is 0 Å². The van der Waals surface area contributed by atoms with E-state index in [0.29, 0.717) is 6.54 Å². The maximum atomic E-state index is 14.3. The molecule has 38 heavy (non-hydrogen) atoms. The van der Waals surface area contributed by atoms with Crippen LogP contribution in [0.5, 0.6) is 0 Å². The Kier molecular flexibility index (Phi) is 7.07. The second kappa shape index (κ2) is 10.4. The number of amides is 2. The zero-order chi connectivity index (χ0) is 26.9. The largest absolute Gasteiger partial charge is 0.331 e. The molecule has 2 unspecified atom stereocenters. The normalized spacial score (nSPS) is 17.8. The molecule has 0 saturated carbocycles. The molecule has 4 heteroatoms. The van der Waals surface area contributed by atoms with Crippen molar-refractivity contribution in [3.05, 3.63) is 113 Å². The number of rotatable bonds is 4. The van der Waals surface area contributed by atoms with E-state index in [0.717, 1.165) is 46.0 Å². The van der Waals surface area contributed by atoms with Crippen LogP contribution in [-0.2, 0) is 10.2 Å². The quantitative estimate of drug-likeness (QED) is 0.310. The van der Waals surface area contributed by atoms with Gasteiger partial charge in [0.25, 0.3) is 5.91 Å². The second-order valence-corrected chi connectivity index (χ2v) is 11.4. The van der Waals surface area contributed by atoms with Crippen molar-refractivity contribution in [3.63, 3.8) is 0 Å². The first-order valence-corrected chi connectivity index (χ1v) is 13.5. The minimum absolute atomic E-state index is 0.0135. The minimum atomic E-state index is -0.358. The van der Waals surface area contributed by atoms with Crippen molar-refractivity contribution in [2.45, 2.75) is 52.0 Å². The molecule has 0 bridgehead atoms. The van der Waals surface area contributed by atoms with Crippen LogP contribution >= 0.6 is 0 Å². The Labute approximate surface area is 225 Å². The third-order valence-electron chi connectivity index (χ3n) is 7.72. The number of aryl methyl sites for hydroxylation is 1. The zero-order valence-electron chi connectivity index (χ0n) is 22.7. The van der Waals surface area contributed by atoms with Gasteiger partial charge in [-0.15, -0.1) is 0 Å². The van der Waals surface area contributed by atoms with Gasteiger partial charge in [0.2, 0.25) is 5.91 Å². The number of hydrogen-bond donors (Lipinski definition) is 1. The number of hydrogen-bond acceptors (Lipinski definition) is 2. The highest BCUT2D eigenvalue weighted by molar-refractivity contribution is 6.08. The van der Waals surface area contributed by atoms with Gasteiger partial charge in [-0.05, 0) is 64.8 Å². The number of fused-ring (bicyclic) bond motifs is 1. The predicted octanol–water partition coefficient (Wildman–Crippen LogP) is 7.68. The summed E-state index contributed by atoms with van der Waals surface area (Å²) < 4.78 is 0. The van der Waals surface area contributed by atoms with Crippen LogP contribution < -0.4 is 5.32 Å². The summed E-state index contributed by atoms with van der Waals surface area (Å²) in [7, 11) is 0. The lowest BCUT2D eigenvalue weighted by molar-refractivity contribution is -0.123. The van der Waals surface area contributed by atoms with E-state index in [9.17, 15) is 9.59 Å². The van der Waals surface area contributed by atoms with E-state index in [1.165, 1.54) is 5.56 Å². The summed E-state index contributed by atoms with van der Waals surface area (Å²) in [5.74, 6) is -0.416. The molecule has 0 aromatic heterocycles. The summed E-state index contributed by atoms with van der Waals surface area (Å²) in [6.45, 7) is 9.11. The van der Waals surface area contributed by atoms with Crippen LogP contribution in [0, 0.1) is 12.8 Å². The molecule has 4 aromatic rings. The molecule has 2 amide bonds. The van der Waals surface area contributed by atoms with Crippen LogP contribution in [0.3, 0.4) is 0 Å². The molecule has 194 valence electrons. The van der Waals surface area contributed by atoms with E-state index in [1.807, 2.05) is 84.6 Å². The molecule has 1 heterocycles. The Balaban J connectivity index is 1.52. The zero-order valence-corrected chi connectivity index (χ0v) is 22.7. The number of nitrogens with one attached hydrogen (secondary N) is 1. The SMILES string of the molecule is Cc1ccc2ccccc2c1C(=O)N1CCCC(C(=O)Nc2cccc(C(C)(C)C)c2)C1c1ccccc1. The van der Waals surface area contributed by atoms with Crippen LogP contribution in [0.2, 0.25) is 0 Å². The minimum Gasteiger partial charge on any atom is -0.331 e. The maximum Gasteiger partial charge on any atom is 0.255 e. The van der Waals surface area contributed by atoms with Crippen LogP contribution in [-0.4, -0.2) is 23.3 Å². The van der Waals surface area contributed by atoms with Crippen molar-refractivity contribution in [1.29, 1.82) is 0 Å². The van der Waals surface area contributed by atoms with Gasteiger partial charge in [0.05, 0.1) is 17.5 Å². The Morgan fingerprint density at radius 1 is 0.868 bits per heavy atom. The van der Waals surface area contributed by atoms with Gasteiger partial charge in [0.1, 0.15) is 0 Å². The van der Waals surface area contributed by atoms with Gasteiger partial charge < -0.3 is 10.2 Å². The summed E-state index contributed by atoms with van der Waals surface area (Å²) in [4.78, 5) is 30.1. The third kappa shape index (κ3) is 5.08. The number of nitrogens with zero attached hydrogens (tertiary/aromatic N) is 1. The molecule has 0 radical (unpaired) electrons. The average Bonchev–Trinajstić information content (AvgIpc) is 2.92. The summed E-state index contributed by atoms with van der Waals surface area (Å²) in [6.07, 6.45) is 1.50. The van der Waals surface area contributed by atoms with Crippen molar-refractivity contribution in [3.8, 4) is 0 Å². The predicted molar refractivity (Wildman–Crippen MR) is 155 cm³/mol. The molecule has 1 fully saturated rings. The first kappa shape index (κ1) is 25.7. The smallest absolute Gasteiger partial charge is 0.255 e. The summed E-state index contributed by atoms with van der Waals surface area (Å²) in [6, 6.07) is 29.9. The lowest BCUT2D eigenvalue weighted by Gasteiger charge is -2.41. The van der Waals surface area contributed by atoms with Crippen molar-refractivity contribution in [1.82, 2.24) is 4.90 Å². The van der Waals surface area contributed by atoms with E-state index >= 15 is 0 Å². The van der Waals surface area contributed by atoms with Crippen molar-refractivity contribution in [2.24, 2.45) is 5.92 Å². The van der Waals surface area contributed by atoms with Gasteiger partial charge in [-0.3, -0.25) is 9.59 Å². The molecule has 1 aliphatic heterocycles. The van der Waals surface area contributed by atoms with Crippen molar-refractivity contribution in [2.75, 3.05) is 11.9 Å². The van der Waals surface area contributed by atoms with E-state index in [2.05, 4.69) is 44.3 Å². The Morgan fingerprint density at radius 2 is 1.61 bits per heavy atom. The summed E-state index contributed by atoms with van der Waals surface area (Å²) in [5, 5.41) is 5.19. The molecule has 1 saturated heterocycles. The Hall–Kier alpha value is -3.92. The van der Waals surface area contributed by atoms with Gasteiger partial charge in [0, 0.05) is 12.2 Å². The molecule has 4 aromatic carbocycles. The molecule has 4 nitrogen and oxygen atoms in total. The highest BCUT2D eigenvalue weighted by Crippen LogP contribution is 2.39. The van der Waals surface area contributed by atoms with Gasteiger partial charge in [-0.1, -0.05) is 99.6 Å². The first-order valence-electron chi connectivity index (χ1n) is 13.5. The number of anilines is 1. The van der Waals surface area contributed by atoms with Gasteiger partial charge in [-0.2, -0.15) is 0 Å². The first-order chi connectivity index (χ1) is 18.2. The third-order valence-corrected chi connectivity index (χ3v) is 7.72. The van der Waals surface area contributed by atoms with Crippen LogP contribution in [0.1, 0.15) is 66.7 Å². The standard InChI is InChI=1S/C34H36N2O2/c1-23-19-20-24-12-8-9-17-28(24)30(23)33(38)36-21-11-18-29(31(36)25-13-6-5-7-14-25)32(37)35-27-16-10-15-26(22-27)34(2,3)4/h5-10,12-17,19-20,22,29,31H,11,18,21H2,1-4H3,(H,35,37). The lowest BCUT2D eigenvalue weighted by atomic mass is 9.83. The van der Waals surface area contributed by atoms with E-state index in [-0.39, 0.29) is 29.2 Å². The van der Waals surface area contributed by atoms with Crippen LogP contribution in [0.15, 0.2) is 91.0 Å². The fourth-order valence-corrected chi connectivity index (χ4v) is 5.67. The Bertz CT molecular complexity index is 1470. The Morgan fingerprint density at radius 3 is 2.37 bits per heavy atom. The number of benzene rings is 4.